The molecule has 0 spiro atoms. The standard InChI is InChI=1S/C20H23ClO3/c1-16(22)19-11-10-18(24-15-17-8-4-2-5-9-17)14-20(19)23-13-7-3-6-12-21/h2,4-5,8-11,14H,3,6-7,12-13,15H2,1H3. The molecule has 0 unspecified atom stereocenters. The first-order chi connectivity index (χ1) is 11.7. The third kappa shape index (κ3) is 5.89. The Balaban J connectivity index is 1.99. The van der Waals surface area contributed by atoms with E-state index >= 15 is 0 Å². The highest BCUT2D eigenvalue weighted by atomic mass is 35.5. The maximum absolute atomic E-state index is 11.8. The van der Waals surface area contributed by atoms with Gasteiger partial charge in [0.2, 0.25) is 0 Å². The zero-order valence-electron chi connectivity index (χ0n) is 14.0. The third-order valence-corrected chi connectivity index (χ3v) is 3.88. The van der Waals surface area contributed by atoms with Crippen LogP contribution in [0.2, 0.25) is 0 Å². The maximum Gasteiger partial charge on any atom is 0.163 e. The number of benzene rings is 2. The maximum atomic E-state index is 11.8. The molecular formula is C20H23ClO3. The fourth-order valence-electron chi connectivity index (χ4n) is 2.30. The summed E-state index contributed by atoms with van der Waals surface area (Å²) in [6.45, 7) is 2.59. The van der Waals surface area contributed by atoms with E-state index in [0.717, 1.165) is 24.8 Å². The highest BCUT2D eigenvalue weighted by Crippen LogP contribution is 2.26. The lowest BCUT2D eigenvalue weighted by Crippen LogP contribution is -2.04. The minimum atomic E-state index is -0.0135. The van der Waals surface area contributed by atoms with Gasteiger partial charge in [-0.3, -0.25) is 4.79 Å². The second-order valence-electron chi connectivity index (χ2n) is 5.59. The van der Waals surface area contributed by atoms with Gasteiger partial charge in [-0.15, -0.1) is 11.6 Å². The molecule has 128 valence electrons. The number of unbranched alkanes of at least 4 members (excludes halogenated alkanes) is 2. The molecule has 3 nitrogen and oxygen atoms in total. The predicted octanol–water partition coefficient (Wildman–Crippen LogP) is 5.26. The van der Waals surface area contributed by atoms with Gasteiger partial charge in [0.05, 0.1) is 12.2 Å². The Morgan fingerprint density at radius 1 is 1.00 bits per heavy atom. The zero-order valence-corrected chi connectivity index (χ0v) is 14.7. The number of rotatable bonds is 10. The molecule has 0 aliphatic rings. The third-order valence-electron chi connectivity index (χ3n) is 3.62. The number of hydrogen-bond acceptors (Lipinski definition) is 3. The van der Waals surface area contributed by atoms with Crippen LogP contribution in [0.4, 0.5) is 0 Å². The van der Waals surface area contributed by atoms with Crippen molar-refractivity contribution in [3.63, 3.8) is 0 Å². The number of Topliss-reactive ketones (excluding diaryl/α,β-unsaturated/α-hetero) is 1. The van der Waals surface area contributed by atoms with Gasteiger partial charge in [0.1, 0.15) is 18.1 Å². The van der Waals surface area contributed by atoms with Gasteiger partial charge in [0, 0.05) is 11.9 Å². The largest absolute Gasteiger partial charge is 0.493 e. The molecule has 0 fully saturated rings. The quantitative estimate of drug-likeness (QED) is 0.334. The highest BCUT2D eigenvalue weighted by Gasteiger charge is 2.10. The summed E-state index contributed by atoms with van der Waals surface area (Å²) in [5, 5.41) is 0. The molecule has 0 saturated carbocycles. The van der Waals surface area contributed by atoms with E-state index in [1.807, 2.05) is 30.3 Å². The van der Waals surface area contributed by atoms with Gasteiger partial charge in [-0.1, -0.05) is 30.3 Å². The monoisotopic (exact) mass is 346 g/mol. The number of ether oxygens (including phenoxy) is 2. The Morgan fingerprint density at radius 3 is 2.50 bits per heavy atom. The van der Waals surface area contributed by atoms with Crippen molar-refractivity contribution in [2.45, 2.75) is 32.8 Å². The van der Waals surface area contributed by atoms with Crippen LogP contribution in [0.1, 0.15) is 42.1 Å². The Kier molecular flexibility index (Phi) is 7.63. The summed E-state index contributed by atoms with van der Waals surface area (Å²) in [6, 6.07) is 15.3. The number of carbonyl (C=O) groups is 1. The van der Waals surface area contributed by atoms with Crippen LogP contribution in [0.25, 0.3) is 0 Å². The first-order valence-corrected chi connectivity index (χ1v) is 8.74. The van der Waals surface area contributed by atoms with Crippen molar-refractivity contribution >= 4 is 17.4 Å². The van der Waals surface area contributed by atoms with Crippen LogP contribution in [0, 0.1) is 0 Å². The van der Waals surface area contributed by atoms with Crippen LogP contribution < -0.4 is 9.47 Å². The Hall–Kier alpha value is -2.00. The van der Waals surface area contributed by atoms with Crippen molar-refractivity contribution in [3.8, 4) is 11.5 Å². The summed E-state index contributed by atoms with van der Waals surface area (Å²) in [5.74, 6) is 1.93. The van der Waals surface area contributed by atoms with E-state index in [9.17, 15) is 4.79 Å². The van der Waals surface area contributed by atoms with E-state index in [4.69, 9.17) is 21.1 Å². The number of ketones is 1. The van der Waals surface area contributed by atoms with Crippen molar-refractivity contribution in [2.75, 3.05) is 12.5 Å². The van der Waals surface area contributed by atoms with E-state index in [2.05, 4.69) is 0 Å². The van der Waals surface area contributed by atoms with Crippen LogP contribution in [0.5, 0.6) is 11.5 Å². The lowest BCUT2D eigenvalue weighted by molar-refractivity contribution is 0.101. The fourth-order valence-corrected chi connectivity index (χ4v) is 2.49. The van der Waals surface area contributed by atoms with Crippen molar-refractivity contribution < 1.29 is 14.3 Å². The molecule has 2 aromatic carbocycles. The van der Waals surface area contributed by atoms with E-state index < -0.39 is 0 Å². The minimum Gasteiger partial charge on any atom is -0.493 e. The number of alkyl halides is 1. The van der Waals surface area contributed by atoms with Crippen LogP contribution in [0.15, 0.2) is 48.5 Å². The van der Waals surface area contributed by atoms with Gasteiger partial charge >= 0.3 is 0 Å². The molecule has 0 atom stereocenters. The highest BCUT2D eigenvalue weighted by molar-refractivity contribution is 6.17. The van der Waals surface area contributed by atoms with E-state index in [1.54, 1.807) is 25.1 Å². The topological polar surface area (TPSA) is 35.5 Å². The van der Waals surface area contributed by atoms with Gasteiger partial charge < -0.3 is 9.47 Å². The van der Waals surface area contributed by atoms with Crippen molar-refractivity contribution in [1.82, 2.24) is 0 Å². The molecule has 0 bridgehead atoms. The molecular weight excluding hydrogens is 324 g/mol. The van der Waals surface area contributed by atoms with E-state index in [0.29, 0.717) is 36.2 Å². The lowest BCUT2D eigenvalue weighted by atomic mass is 10.1. The average Bonchev–Trinajstić information content (AvgIpc) is 2.60. The summed E-state index contributed by atoms with van der Waals surface area (Å²) >= 11 is 5.67. The summed E-state index contributed by atoms with van der Waals surface area (Å²) in [5.41, 5.74) is 1.68. The van der Waals surface area contributed by atoms with Gasteiger partial charge in [-0.2, -0.15) is 0 Å². The molecule has 4 heteroatoms. The van der Waals surface area contributed by atoms with E-state index in [-0.39, 0.29) is 5.78 Å². The average molecular weight is 347 g/mol. The smallest absolute Gasteiger partial charge is 0.163 e. The van der Waals surface area contributed by atoms with Crippen LogP contribution >= 0.6 is 11.6 Å². The summed E-state index contributed by atoms with van der Waals surface area (Å²) in [4.78, 5) is 11.8. The number of carbonyl (C=O) groups excluding carboxylic acids is 1. The Labute approximate surface area is 148 Å². The van der Waals surface area contributed by atoms with Gasteiger partial charge in [0.15, 0.2) is 5.78 Å². The lowest BCUT2D eigenvalue weighted by Gasteiger charge is -2.13. The number of halogens is 1. The second kappa shape index (κ2) is 9.99. The molecule has 0 radical (unpaired) electrons. The normalized spacial score (nSPS) is 10.4. The minimum absolute atomic E-state index is 0.0135. The molecule has 24 heavy (non-hydrogen) atoms. The van der Waals surface area contributed by atoms with Crippen molar-refractivity contribution in [3.05, 3.63) is 59.7 Å². The van der Waals surface area contributed by atoms with Crippen LogP contribution in [0.3, 0.4) is 0 Å². The van der Waals surface area contributed by atoms with E-state index in [1.165, 1.54) is 0 Å². The van der Waals surface area contributed by atoms with Gasteiger partial charge in [-0.05, 0) is 43.9 Å². The summed E-state index contributed by atoms with van der Waals surface area (Å²) in [7, 11) is 0. The molecule has 0 amide bonds. The molecule has 0 saturated heterocycles. The summed E-state index contributed by atoms with van der Waals surface area (Å²) in [6.07, 6.45) is 2.91. The Bertz CT molecular complexity index is 641. The first-order valence-electron chi connectivity index (χ1n) is 8.21. The fraction of sp³-hybridized carbons (Fsp3) is 0.350. The molecule has 0 heterocycles. The van der Waals surface area contributed by atoms with Crippen LogP contribution in [-0.4, -0.2) is 18.3 Å². The summed E-state index contributed by atoms with van der Waals surface area (Å²) < 4.78 is 11.6. The molecule has 0 aliphatic heterocycles. The Morgan fingerprint density at radius 2 is 1.79 bits per heavy atom. The van der Waals surface area contributed by atoms with Crippen LogP contribution in [-0.2, 0) is 6.61 Å². The SMILES string of the molecule is CC(=O)c1ccc(OCc2ccccc2)cc1OCCCCCCl. The zero-order chi connectivity index (χ0) is 17.2. The predicted molar refractivity (Wildman–Crippen MR) is 97.3 cm³/mol. The molecule has 0 aliphatic carbocycles. The number of hydrogen-bond donors (Lipinski definition) is 0. The van der Waals surface area contributed by atoms with Crippen molar-refractivity contribution in [2.24, 2.45) is 0 Å². The van der Waals surface area contributed by atoms with Gasteiger partial charge in [-0.25, -0.2) is 0 Å². The molecule has 0 N–H and O–H groups in total. The van der Waals surface area contributed by atoms with Crippen molar-refractivity contribution in [1.29, 1.82) is 0 Å². The van der Waals surface area contributed by atoms with Gasteiger partial charge in [0.25, 0.3) is 0 Å². The molecule has 0 aromatic heterocycles. The molecule has 2 rings (SSSR count). The first kappa shape index (κ1) is 18.3. The second-order valence-corrected chi connectivity index (χ2v) is 5.96. The molecule has 2 aromatic rings.